The minimum absolute atomic E-state index is 0.289. The van der Waals surface area contributed by atoms with Gasteiger partial charge in [0, 0.05) is 17.7 Å². The first-order valence-corrected chi connectivity index (χ1v) is 6.05. The first-order chi connectivity index (χ1) is 7.63. The minimum atomic E-state index is 0.289. The van der Waals surface area contributed by atoms with Gasteiger partial charge in [-0.15, -0.1) is 0 Å². The molecule has 0 saturated heterocycles. The van der Waals surface area contributed by atoms with E-state index in [1.54, 1.807) is 0 Å². The number of nitrogens with one attached hydrogen (secondary N) is 1. The van der Waals surface area contributed by atoms with E-state index >= 15 is 0 Å². The van der Waals surface area contributed by atoms with Crippen LogP contribution in [0.15, 0.2) is 24.3 Å². The second-order valence-electron chi connectivity index (χ2n) is 4.10. The minimum Gasteiger partial charge on any atom is -0.379 e. The van der Waals surface area contributed by atoms with Crippen LogP contribution >= 0.6 is 11.6 Å². The van der Waals surface area contributed by atoms with E-state index in [-0.39, 0.29) is 6.10 Å². The van der Waals surface area contributed by atoms with Gasteiger partial charge < -0.3 is 10.1 Å². The SMILES string of the molecule is CNC(CCOC(C)C)c1cccc(Cl)c1. The molecule has 2 nitrogen and oxygen atoms in total. The van der Waals surface area contributed by atoms with Gasteiger partial charge in [0.15, 0.2) is 0 Å². The lowest BCUT2D eigenvalue weighted by Crippen LogP contribution is -2.19. The molecule has 0 spiro atoms. The van der Waals surface area contributed by atoms with Gasteiger partial charge in [0.05, 0.1) is 6.10 Å². The molecule has 3 heteroatoms. The van der Waals surface area contributed by atoms with Crippen LogP contribution in [0.2, 0.25) is 5.02 Å². The monoisotopic (exact) mass is 241 g/mol. The Morgan fingerprint density at radius 3 is 2.69 bits per heavy atom. The molecule has 1 aromatic rings. The Hall–Kier alpha value is -0.570. The van der Waals surface area contributed by atoms with E-state index in [0.29, 0.717) is 6.04 Å². The molecule has 0 aliphatic heterocycles. The van der Waals surface area contributed by atoms with Crippen LogP contribution in [0, 0.1) is 0 Å². The van der Waals surface area contributed by atoms with Gasteiger partial charge in [0.1, 0.15) is 0 Å². The van der Waals surface area contributed by atoms with E-state index in [0.717, 1.165) is 18.1 Å². The lowest BCUT2D eigenvalue weighted by Gasteiger charge is -2.17. The molecule has 0 aliphatic rings. The Kier molecular flexibility index (Phi) is 5.81. The summed E-state index contributed by atoms with van der Waals surface area (Å²) in [7, 11) is 1.96. The van der Waals surface area contributed by atoms with Crippen molar-refractivity contribution >= 4 is 11.6 Å². The van der Waals surface area contributed by atoms with Crippen LogP contribution in [0.25, 0.3) is 0 Å². The predicted octanol–water partition coefficient (Wildman–Crippen LogP) is 3.42. The number of hydrogen-bond acceptors (Lipinski definition) is 2. The molecule has 0 fully saturated rings. The fourth-order valence-corrected chi connectivity index (χ4v) is 1.82. The molecule has 0 aliphatic carbocycles. The maximum absolute atomic E-state index is 5.97. The topological polar surface area (TPSA) is 21.3 Å². The zero-order valence-electron chi connectivity index (χ0n) is 10.2. The smallest absolute Gasteiger partial charge is 0.0518 e. The molecule has 1 aromatic carbocycles. The summed E-state index contributed by atoms with van der Waals surface area (Å²) in [5, 5.41) is 4.06. The van der Waals surface area contributed by atoms with Gasteiger partial charge in [-0.1, -0.05) is 23.7 Å². The number of ether oxygens (including phenoxy) is 1. The number of hydrogen-bond donors (Lipinski definition) is 1. The van der Waals surface area contributed by atoms with Crippen LogP contribution in [0.5, 0.6) is 0 Å². The van der Waals surface area contributed by atoms with Crippen LogP contribution in [0.1, 0.15) is 31.9 Å². The second-order valence-corrected chi connectivity index (χ2v) is 4.54. The van der Waals surface area contributed by atoms with Crippen molar-refractivity contribution in [3.8, 4) is 0 Å². The summed E-state index contributed by atoms with van der Waals surface area (Å²) >= 11 is 5.97. The van der Waals surface area contributed by atoms with Crippen molar-refractivity contribution in [2.24, 2.45) is 0 Å². The van der Waals surface area contributed by atoms with Gasteiger partial charge >= 0.3 is 0 Å². The predicted molar refractivity (Wildman–Crippen MR) is 69.0 cm³/mol. The highest BCUT2D eigenvalue weighted by atomic mass is 35.5. The summed E-state index contributed by atoms with van der Waals surface area (Å²) in [6.45, 7) is 4.86. The first-order valence-electron chi connectivity index (χ1n) is 5.68. The molecule has 0 bridgehead atoms. The van der Waals surface area contributed by atoms with Crippen LogP contribution < -0.4 is 5.32 Å². The summed E-state index contributed by atoms with van der Waals surface area (Å²) < 4.78 is 5.55. The average Bonchev–Trinajstić information content (AvgIpc) is 2.24. The number of rotatable bonds is 6. The molecule has 0 heterocycles. The number of halogens is 1. The van der Waals surface area contributed by atoms with Gasteiger partial charge in [-0.25, -0.2) is 0 Å². The Morgan fingerprint density at radius 2 is 2.12 bits per heavy atom. The van der Waals surface area contributed by atoms with Crippen molar-refractivity contribution in [3.05, 3.63) is 34.9 Å². The van der Waals surface area contributed by atoms with Crippen molar-refractivity contribution in [2.45, 2.75) is 32.4 Å². The van der Waals surface area contributed by atoms with E-state index in [9.17, 15) is 0 Å². The van der Waals surface area contributed by atoms with Crippen LogP contribution in [-0.4, -0.2) is 19.8 Å². The van der Waals surface area contributed by atoms with Crippen molar-refractivity contribution in [3.63, 3.8) is 0 Å². The third-order valence-electron chi connectivity index (χ3n) is 2.46. The molecule has 1 atom stereocenters. The maximum atomic E-state index is 5.97. The Balaban J connectivity index is 2.53. The van der Waals surface area contributed by atoms with Gasteiger partial charge in [0.2, 0.25) is 0 Å². The van der Waals surface area contributed by atoms with Crippen LogP contribution in [0.3, 0.4) is 0 Å². The average molecular weight is 242 g/mol. The van der Waals surface area contributed by atoms with Gasteiger partial charge in [-0.3, -0.25) is 0 Å². The van der Waals surface area contributed by atoms with Crippen molar-refractivity contribution in [1.29, 1.82) is 0 Å². The molecule has 90 valence electrons. The summed E-state index contributed by atoms with van der Waals surface area (Å²) in [6.07, 6.45) is 1.24. The molecule has 1 unspecified atom stereocenters. The second kappa shape index (κ2) is 6.89. The lowest BCUT2D eigenvalue weighted by molar-refractivity contribution is 0.0719. The van der Waals surface area contributed by atoms with Crippen molar-refractivity contribution in [1.82, 2.24) is 5.32 Å². The highest BCUT2D eigenvalue weighted by Crippen LogP contribution is 2.20. The summed E-state index contributed by atoms with van der Waals surface area (Å²) in [5.74, 6) is 0. The molecule has 16 heavy (non-hydrogen) atoms. The molecule has 0 radical (unpaired) electrons. The standard InChI is InChI=1S/C13H20ClNO/c1-10(2)16-8-7-13(15-3)11-5-4-6-12(14)9-11/h4-6,9-10,13,15H,7-8H2,1-3H3. The largest absolute Gasteiger partial charge is 0.379 e. The van der Waals surface area contributed by atoms with Crippen molar-refractivity contribution < 1.29 is 4.74 Å². The first kappa shape index (κ1) is 13.5. The quantitative estimate of drug-likeness (QED) is 0.824. The van der Waals surface area contributed by atoms with Crippen LogP contribution in [-0.2, 0) is 4.74 Å². The summed E-state index contributed by atoms with van der Waals surface area (Å²) in [5.41, 5.74) is 1.21. The van der Waals surface area contributed by atoms with E-state index in [2.05, 4.69) is 11.4 Å². The fourth-order valence-electron chi connectivity index (χ4n) is 1.62. The maximum Gasteiger partial charge on any atom is 0.0518 e. The molecule has 0 amide bonds. The van der Waals surface area contributed by atoms with E-state index < -0.39 is 0 Å². The lowest BCUT2D eigenvalue weighted by atomic mass is 10.0. The molecular weight excluding hydrogens is 222 g/mol. The molecule has 0 aromatic heterocycles. The Bertz CT molecular complexity index is 315. The third kappa shape index (κ3) is 4.52. The van der Waals surface area contributed by atoms with Gasteiger partial charge in [-0.05, 0) is 45.0 Å². The highest BCUT2D eigenvalue weighted by molar-refractivity contribution is 6.30. The van der Waals surface area contributed by atoms with E-state index in [1.807, 2.05) is 39.1 Å². The fraction of sp³-hybridized carbons (Fsp3) is 0.538. The zero-order chi connectivity index (χ0) is 12.0. The van der Waals surface area contributed by atoms with E-state index in [1.165, 1.54) is 5.56 Å². The molecular formula is C13H20ClNO. The molecule has 1 N–H and O–H groups in total. The highest BCUT2D eigenvalue weighted by Gasteiger charge is 2.09. The third-order valence-corrected chi connectivity index (χ3v) is 2.69. The normalized spacial score (nSPS) is 13.1. The van der Waals surface area contributed by atoms with E-state index in [4.69, 9.17) is 16.3 Å². The Morgan fingerprint density at radius 1 is 1.38 bits per heavy atom. The number of benzene rings is 1. The Labute approximate surface area is 103 Å². The summed E-state index contributed by atoms with van der Waals surface area (Å²) in [6, 6.07) is 8.26. The van der Waals surface area contributed by atoms with Gasteiger partial charge in [-0.2, -0.15) is 0 Å². The molecule has 1 rings (SSSR count). The van der Waals surface area contributed by atoms with Crippen molar-refractivity contribution in [2.75, 3.05) is 13.7 Å². The van der Waals surface area contributed by atoms with Gasteiger partial charge in [0.25, 0.3) is 0 Å². The van der Waals surface area contributed by atoms with Crippen LogP contribution in [0.4, 0.5) is 0 Å². The summed E-state index contributed by atoms with van der Waals surface area (Å²) in [4.78, 5) is 0. The molecule has 0 saturated carbocycles. The zero-order valence-corrected chi connectivity index (χ0v) is 10.9.